The first kappa shape index (κ1) is 17.5. The molecule has 5 nitrogen and oxygen atoms in total. The van der Waals surface area contributed by atoms with Gasteiger partial charge in [0, 0.05) is 38.1 Å². The Hall–Kier alpha value is -1.88. The van der Waals surface area contributed by atoms with Gasteiger partial charge < -0.3 is 9.64 Å². The highest BCUT2D eigenvalue weighted by Crippen LogP contribution is 2.65. The number of rotatable bonds is 3. The van der Waals surface area contributed by atoms with Crippen molar-refractivity contribution in [2.75, 3.05) is 26.2 Å². The van der Waals surface area contributed by atoms with Crippen LogP contribution in [0.25, 0.3) is 0 Å². The molecular weight excluding hydrogens is 328 g/mol. The third-order valence-electron chi connectivity index (χ3n) is 7.34. The van der Waals surface area contributed by atoms with E-state index in [1.807, 2.05) is 31.7 Å². The number of piperazine rings is 1. The molecule has 5 heteroatoms. The summed E-state index contributed by atoms with van der Waals surface area (Å²) in [6.07, 6.45) is 1.38. The second-order valence-electron chi connectivity index (χ2n) is 8.73. The second kappa shape index (κ2) is 5.81. The Bertz CT molecular complexity index is 724. The normalized spacial score (nSPS) is 33.3. The Morgan fingerprint density at radius 1 is 1.04 bits per heavy atom. The van der Waals surface area contributed by atoms with Crippen molar-refractivity contribution in [2.45, 2.75) is 45.8 Å². The number of hydrogen-bond acceptors (Lipinski definition) is 4. The van der Waals surface area contributed by atoms with Crippen LogP contribution in [-0.2, 0) is 20.9 Å². The van der Waals surface area contributed by atoms with Crippen LogP contribution in [0.1, 0.15) is 39.2 Å². The van der Waals surface area contributed by atoms with Gasteiger partial charge in [-0.15, -0.1) is 0 Å². The second-order valence-corrected chi connectivity index (χ2v) is 8.73. The number of ether oxygens (including phenoxy) is 1. The minimum atomic E-state index is -0.972. The fourth-order valence-corrected chi connectivity index (χ4v) is 4.93. The first-order valence-electron chi connectivity index (χ1n) is 9.59. The van der Waals surface area contributed by atoms with Crippen LogP contribution >= 0.6 is 0 Å². The Morgan fingerprint density at radius 2 is 1.69 bits per heavy atom. The Balaban J connectivity index is 1.44. The quantitative estimate of drug-likeness (QED) is 0.781. The van der Waals surface area contributed by atoms with E-state index in [-0.39, 0.29) is 11.9 Å². The van der Waals surface area contributed by atoms with Crippen molar-refractivity contribution >= 4 is 11.9 Å². The van der Waals surface area contributed by atoms with E-state index in [0.717, 1.165) is 26.1 Å². The Morgan fingerprint density at radius 3 is 2.23 bits per heavy atom. The van der Waals surface area contributed by atoms with E-state index >= 15 is 0 Å². The number of carbonyl (C=O) groups excluding carboxylic acids is 2. The summed E-state index contributed by atoms with van der Waals surface area (Å²) in [6, 6.07) is 10.4. The molecule has 2 atom stereocenters. The third-order valence-corrected chi connectivity index (χ3v) is 7.34. The highest BCUT2D eigenvalue weighted by Gasteiger charge is 2.76. The van der Waals surface area contributed by atoms with Crippen LogP contribution in [0.15, 0.2) is 30.3 Å². The van der Waals surface area contributed by atoms with Crippen molar-refractivity contribution in [3.8, 4) is 0 Å². The van der Waals surface area contributed by atoms with Gasteiger partial charge in [-0.1, -0.05) is 44.2 Å². The molecule has 4 rings (SSSR count). The van der Waals surface area contributed by atoms with E-state index in [1.54, 1.807) is 0 Å². The number of hydrogen-bond donors (Lipinski definition) is 0. The third kappa shape index (κ3) is 2.26. The van der Waals surface area contributed by atoms with Gasteiger partial charge in [0.25, 0.3) is 5.91 Å². The van der Waals surface area contributed by atoms with Crippen LogP contribution in [0.2, 0.25) is 0 Å². The van der Waals surface area contributed by atoms with Gasteiger partial charge >= 0.3 is 5.97 Å². The van der Waals surface area contributed by atoms with Gasteiger partial charge in [0.05, 0.1) is 5.41 Å². The topological polar surface area (TPSA) is 49.9 Å². The van der Waals surface area contributed by atoms with Gasteiger partial charge in [-0.25, -0.2) is 0 Å². The molecule has 0 aromatic heterocycles. The summed E-state index contributed by atoms with van der Waals surface area (Å²) >= 11 is 0. The lowest BCUT2D eigenvalue weighted by molar-refractivity contribution is -0.175. The molecule has 0 radical (unpaired) electrons. The summed E-state index contributed by atoms with van der Waals surface area (Å²) in [6.45, 7) is 9.99. The van der Waals surface area contributed by atoms with Gasteiger partial charge in [0.15, 0.2) is 5.60 Å². The van der Waals surface area contributed by atoms with Crippen molar-refractivity contribution in [1.29, 1.82) is 0 Å². The standard InChI is InChI=1S/C21H28N2O3/c1-19(2)20(3)9-10-21(19,26-18(20)25)17(24)23-13-11-22(12-14-23)15-16-7-5-4-6-8-16/h4-8H,9-15H2,1-3H3/t20-,21+/m1/s1. The molecular formula is C21H28N2O3. The number of esters is 1. The van der Waals surface area contributed by atoms with Gasteiger partial charge in [-0.05, 0) is 25.3 Å². The molecule has 3 fully saturated rings. The molecule has 0 unspecified atom stereocenters. The van der Waals surface area contributed by atoms with Crippen LogP contribution < -0.4 is 0 Å². The predicted molar refractivity (Wildman–Crippen MR) is 98.2 cm³/mol. The number of amides is 1. The van der Waals surface area contributed by atoms with Crippen molar-refractivity contribution in [3.05, 3.63) is 35.9 Å². The monoisotopic (exact) mass is 356 g/mol. The first-order valence-corrected chi connectivity index (χ1v) is 9.59. The molecule has 2 aliphatic heterocycles. The summed E-state index contributed by atoms with van der Waals surface area (Å²) in [5.41, 5.74) is -0.684. The smallest absolute Gasteiger partial charge is 0.313 e. The van der Waals surface area contributed by atoms with Gasteiger partial charge in [0.2, 0.25) is 0 Å². The number of fused-ring (bicyclic) bond motifs is 2. The highest BCUT2D eigenvalue weighted by atomic mass is 16.6. The van der Waals surface area contributed by atoms with E-state index in [0.29, 0.717) is 19.5 Å². The molecule has 26 heavy (non-hydrogen) atoms. The zero-order valence-corrected chi connectivity index (χ0v) is 16.0. The summed E-state index contributed by atoms with van der Waals surface area (Å²) < 4.78 is 5.76. The highest BCUT2D eigenvalue weighted by molar-refractivity contribution is 5.96. The molecule has 0 N–H and O–H groups in total. The molecule has 140 valence electrons. The van der Waals surface area contributed by atoms with Gasteiger partial charge in [-0.2, -0.15) is 0 Å². The molecule has 2 heterocycles. The average Bonchev–Trinajstić information content (AvgIpc) is 2.93. The predicted octanol–water partition coefficient (Wildman–Crippen LogP) is 2.45. The largest absolute Gasteiger partial charge is 0.448 e. The van der Waals surface area contributed by atoms with Crippen molar-refractivity contribution in [3.63, 3.8) is 0 Å². The van der Waals surface area contributed by atoms with Gasteiger partial charge in [0.1, 0.15) is 0 Å². The maximum Gasteiger partial charge on any atom is 0.313 e. The van der Waals surface area contributed by atoms with Crippen LogP contribution in [0, 0.1) is 10.8 Å². The lowest BCUT2D eigenvalue weighted by Crippen LogP contribution is -2.59. The number of benzene rings is 1. The first-order chi connectivity index (χ1) is 12.3. The maximum absolute atomic E-state index is 13.4. The maximum atomic E-state index is 13.4. The zero-order valence-electron chi connectivity index (χ0n) is 16.0. The number of nitrogens with zero attached hydrogens (tertiary/aromatic N) is 2. The molecule has 0 spiro atoms. The van der Waals surface area contributed by atoms with E-state index in [2.05, 4.69) is 29.2 Å². The molecule has 1 aromatic carbocycles. The van der Waals surface area contributed by atoms with E-state index in [1.165, 1.54) is 5.56 Å². The van der Waals surface area contributed by atoms with Crippen LogP contribution in [0.4, 0.5) is 0 Å². The van der Waals surface area contributed by atoms with Crippen LogP contribution in [0.5, 0.6) is 0 Å². The molecule has 3 aliphatic rings. The van der Waals surface area contributed by atoms with E-state index < -0.39 is 16.4 Å². The summed E-state index contributed by atoms with van der Waals surface area (Å²) in [5.74, 6) is -0.193. The summed E-state index contributed by atoms with van der Waals surface area (Å²) in [4.78, 5) is 30.1. The molecule has 1 aromatic rings. The Labute approximate surface area is 155 Å². The molecule has 2 saturated heterocycles. The van der Waals surface area contributed by atoms with Crippen molar-refractivity contribution in [1.82, 2.24) is 9.80 Å². The summed E-state index contributed by atoms with van der Waals surface area (Å²) in [5, 5.41) is 0. The molecule has 2 bridgehead atoms. The molecule has 1 aliphatic carbocycles. The van der Waals surface area contributed by atoms with Crippen molar-refractivity contribution in [2.24, 2.45) is 10.8 Å². The van der Waals surface area contributed by atoms with Crippen LogP contribution in [0.3, 0.4) is 0 Å². The van der Waals surface area contributed by atoms with E-state index in [9.17, 15) is 9.59 Å². The fraction of sp³-hybridized carbons (Fsp3) is 0.619. The minimum Gasteiger partial charge on any atom is -0.448 e. The average molecular weight is 356 g/mol. The molecule has 1 saturated carbocycles. The van der Waals surface area contributed by atoms with E-state index in [4.69, 9.17) is 4.74 Å². The van der Waals surface area contributed by atoms with Gasteiger partial charge in [-0.3, -0.25) is 14.5 Å². The Kier molecular flexibility index (Phi) is 3.92. The lowest BCUT2D eigenvalue weighted by atomic mass is 9.66. The number of carbonyl (C=O) groups is 2. The summed E-state index contributed by atoms with van der Waals surface area (Å²) in [7, 11) is 0. The lowest BCUT2D eigenvalue weighted by Gasteiger charge is -2.42. The SMILES string of the molecule is CC1(C)[C@@]2(C(=O)N3CCN(Cc4ccccc4)CC3)CC[C@]1(C)C(=O)O2. The zero-order chi connectivity index (χ0) is 18.6. The van der Waals surface area contributed by atoms with Crippen LogP contribution in [-0.4, -0.2) is 53.5 Å². The minimum absolute atomic E-state index is 0.0106. The fourth-order valence-electron chi connectivity index (χ4n) is 4.93. The molecule has 1 amide bonds. The van der Waals surface area contributed by atoms with Crippen molar-refractivity contribution < 1.29 is 14.3 Å².